The Kier molecular flexibility index (Phi) is 4.26. The minimum Gasteiger partial charge on any atom is -0.384 e. The molecule has 2 aromatic rings. The number of nitrogen functional groups attached to an aromatic ring is 1. The number of pyridine rings is 1. The third-order valence-corrected chi connectivity index (χ3v) is 3.53. The third kappa shape index (κ3) is 3.05. The molecule has 0 atom stereocenters. The Hall–Kier alpha value is -2.36. The van der Waals surface area contributed by atoms with Gasteiger partial charge in [0.1, 0.15) is 5.84 Å². The third-order valence-electron chi connectivity index (χ3n) is 3.53. The number of hydrogen-bond acceptors (Lipinski definition) is 3. The molecule has 0 spiro atoms. The predicted molar refractivity (Wildman–Crippen MR) is 88.6 cm³/mol. The van der Waals surface area contributed by atoms with Crippen LogP contribution in [0.15, 0.2) is 30.3 Å². The molecule has 0 saturated heterocycles. The van der Waals surface area contributed by atoms with Gasteiger partial charge in [0.05, 0.1) is 16.9 Å². The van der Waals surface area contributed by atoms with E-state index in [1.54, 1.807) is 0 Å². The van der Waals surface area contributed by atoms with Gasteiger partial charge in [-0.2, -0.15) is 0 Å². The van der Waals surface area contributed by atoms with Crippen molar-refractivity contribution in [3.63, 3.8) is 0 Å². The fourth-order valence-electron chi connectivity index (χ4n) is 2.57. The standard InChI is InChI=1S/C17H22N4/c1-5-21(14-8-6-11(2)7-9-14)15-10-12(3)20-13(4)16(15)17(18)19/h6-10H,5H2,1-4H3,(H3,18,19). The van der Waals surface area contributed by atoms with E-state index < -0.39 is 0 Å². The summed E-state index contributed by atoms with van der Waals surface area (Å²) in [6.45, 7) is 8.82. The van der Waals surface area contributed by atoms with Gasteiger partial charge in [-0.25, -0.2) is 0 Å². The van der Waals surface area contributed by atoms with E-state index in [4.69, 9.17) is 11.1 Å². The Balaban J connectivity index is 2.61. The molecule has 0 saturated carbocycles. The fourth-order valence-corrected chi connectivity index (χ4v) is 2.57. The van der Waals surface area contributed by atoms with Crippen molar-refractivity contribution in [1.82, 2.24) is 4.98 Å². The number of benzene rings is 1. The van der Waals surface area contributed by atoms with Crippen molar-refractivity contribution in [2.45, 2.75) is 27.7 Å². The monoisotopic (exact) mass is 282 g/mol. The number of nitrogens with one attached hydrogen (secondary N) is 1. The number of anilines is 2. The first-order chi connectivity index (χ1) is 9.93. The molecule has 0 aliphatic heterocycles. The van der Waals surface area contributed by atoms with Gasteiger partial charge in [-0.05, 0) is 45.9 Å². The summed E-state index contributed by atoms with van der Waals surface area (Å²) in [6, 6.07) is 10.4. The highest BCUT2D eigenvalue weighted by atomic mass is 15.1. The zero-order valence-corrected chi connectivity index (χ0v) is 13.1. The number of aryl methyl sites for hydroxylation is 3. The van der Waals surface area contributed by atoms with Gasteiger partial charge < -0.3 is 10.6 Å². The second-order valence-electron chi connectivity index (χ2n) is 5.24. The van der Waals surface area contributed by atoms with E-state index in [2.05, 4.69) is 48.0 Å². The second-order valence-corrected chi connectivity index (χ2v) is 5.24. The lowest BCUT2D eigenvalue weighted by Gasteiger charge is -2.27. The molecule has 1 aromatic carbocycles. The largest absolute Gasteiger partial charge is 0.384 e. The highest BCUT2D eigenvalue weighted by Gasteiger charge is 2.17. The van der Waals surface area contributed by atoms with Crippen LogP contribution >= 0.6 is 0 Å². The van der Waals surface area contributed by atoms with Gasteiger partial charge in [0.15, 0.2) is 0 Å². The van der Waals surface area contributed by atoms with Crippen LogP contribution in [-0.2, 0) is 0 Å². The van der Waals surface area contributed by atoms with Crippen molar-refractivity contribution in [3.8, 4) is 0 Å². The number of hydrogen-bond donors (Lipinski definition) is 2. The number of nitrogens with zero attached hydrogens (tertiary/aromatic N) is 2. The van der Waals surface area contributed by atoms with Crippen LogP contribution in [-0.4, -0.2) is 17.4 Å². The molecule has 4 heteroatoms. The number of amidine groups is 1. The van der Waals surface area contributed by atoms with Crippen molar-refractivity contribution in [1.29, 1.82) is 5.41 Å². The second kappa shape index (κ2) is 5.95. The van der Waals surface area contributed by atoms with Crippen molar-refractivity contribution in [2.75, 3.05) is 11.4 Å². The molecule has 0 aliphatic rings. The molecule has 1 aromatic heterocycles. The zero-order valence-electron chi connectivity index (χ0n) is 13.1. The van der Waals surface area contributed by atoms with E-state index >= 15 is 0 Å². The average molecular weight is 282 g/mol. The molecule has 3 N–H and O–H groups in total. The Bertz CT molecular complexity index is 659. The van der Waals surface area contributed by atoms with E-state index in [9.17, 15) is 0 Å². The van der Waals surface area contributed by atoms with Crippen LogP contribution in [0.4, 0.5) is 11.4 Å². The number of nitrogens with two attached hydrogens (primary N) is 1. The molecular weight excluding hydrogens is 260 g/mol. The molecule has 0 aliphatic carbocycles. The molecule has 2 rings (SSSR count). The van der Waals surface area contributed by atoms with Crippen LogP contribution in [0.25, 0.3) is 0 Å². The smallest absolute Gasteiger partial charge is 0.126 e. The van der Waals surface area contributed by atoms with Crippen LogP contribution < -0.4 is 10.6 Å². The van der Waals surface area contributed by atoms with E-state index in [0.717, 1.165) is 29.3 Å². The molecule has 110 valence electrons. The molecular formula is C17H22N4. The molecule has 21 heavy (non-hydrogen) atoms. The first-order valence-corrected chi connectivity index (χ1v) is 7.11. The molecule has 4 nitrogen and oxygen atoms in total. The van der Waals surface area contributed by atoms with Gasteiger partial charge >= 0.3 is 0 Å². The summed E-state index contributed by atoms with van der Waals surface area (Å²) < 4.78 is 0. The van der Waals surface area contributed by atoms with Gasteiger partial charge in [0.25, 0.3) is 0 Å². The summed E-state index contributed by atoms with van der Waals surface area (Å²) in [7, 11) is 0. The molecule has 0 fully saturated rings. The summed E-state index contributed by atoms with van der Waals surface area (Å²) in [5.74, 6) is 0.0561. The van der Waals surface area contributed by atoms with Crippen molar-refractivity contribution in [3.05, 3.63) is 52.8 Å². The lowest BCUT2D eigenvalue weighted by molar-refractivity contribution is 0.998. The van der Waals surface area contributed by atoms with Crippen LogP contribution in [0.5, 0.6) is 0 Å². The van der Waals surface area contributed by atoms with Gasteiger partial charge in [-0.15, -0.1) is 0 Å². The summed E-state index contributed by atoms with van der Waals surface area (Å²) in [5.41, 5.74) is 11.5. The first kappa shape index (κ1) is 15.0. The summed E-state index contributed by atoms with van der Waals surface area (Å²) in [4.78, 5) is 6.60. The summed E-state index contributed by atoms with van der Waals surface area (Å²) in [6.07, 6.45) is 0. The predicted octanol–water partition coefficient (Wildman–Crippen LogP) is 3.45. The Morgan fingerprint density at radius 3 is 2.33 bits per heavy atom. The molecule has 0 unspecified atom stereocenters. The maximum atomic E-state index is 7.86. The normalized spacial score (nSPS) is 10.5. The minimum absolute atomic E-state index is 0.0561. The Morgan fingerprint density at radius 1 is 1.19 bits per heavy atom. The van der Waals surface area contributed by atoms with Gasteiger partial charge in [-0.3, -0.25) is 10.4 Å². The summed E-state index contributed by atoms with van der Waals surface area (Å²) in [5, 5.41) is 7.86. The van der Waals surface area contributed by atoms with Gasteiger partial charge in [0.2, 0.25) is 0 Å². The topological polar surface area (TPSA) is 66.0 Å². The van der Waals surface area contributed by atoms with Crippen LogP contribution in [0, 0.1) is 26.2 Å². The zero-order chi connectivity index (χ0) is 15.6. The minimum atomic E-state index is 0.0561. The van der Waals surface area contributed by atoms with E-state index in [1.165, 1.54) is 5.56 Å². The maximum absolute atomic E-state index is 7.86. The quantitative estimate of drug-likeness (QED) is 0.666. The molecule has 0 bridgehead atoms. The van der Waals surface area contributed by atoms with E-state index in [1.807, 2.05) is 19.9 Å². The maximum Gasteiger partial charge on any atom is 0.126 e. The fraction of sp³-hybridized carbons (Fsp3) is 0.294. The lowest BCUT2D eigenvalue weighted by Crippen LogP contribution is -2.23. The van der Waals surface area contributed by atoms with E-state index in [-0.39, 0.29) is 5.84 Å². The SMILES string of the molecule is CCN(c1ccc(C)cc1)c1cc(C)nc(C)c1C(=N)N. The van der Waals surface area contributed by atoms with Crippen LogP contribution in [0.2, 0.25) is 0 Å². The van der Waals surface area contributed by atoms with Crippen molar-refractivity contribution < 1.29 is 0 Å². The average Bonchev–Trinajstić information content (AvgIpc) is 2.40. The van der Waals surface area contributed by atoms with Gasteiger partial charge in [-0.1, -0.05) is 17.7 Å². The van der Waals surface area contributed by atoms with Gasteiger partial charge in [0, 0.05) is 17.9 Å². The molecule has 1 heterocycles. The first-order valence-electron chi connectivity index (χ1n) is 7.11. The summed E-state index contributed by atoms with van der Waals surface area (Å²) >= 11 is 0. The lowest BCUT2D eigenvalue weighted by atomic mass is 10.1. The Labute approximate surface area is 126 Å². The molecule has 0 radical (unpaired) electrons. The van der Waals surface area contributed by atoms with Crippen LogP contribution in [0.1, 0.15) is 29.4 Å². The van der Waals surface area contributed by atoms with Crippen molar-refractivity contribution in [2.24, 2.45) is 5.73 Å². The van der Waals surface area contributed by atoms with Crippen molar-refractivity contribution >= 4 is 17.2 Å². The number of rotatable bonds is 4. The van der Waals surface area contributed by atoms with Crippen LogP contribution in [0.3, 0.4) is 0 Å². The Morgan fingerprint density at radius 2 is 1.81 bits per heavy atom. The van der Waals surface area contributed by atoms with E-state index in [0.29, 0.717) is 5.56 Å². The molecule has 0 amide bonds. The highest BCUT2D eigenvalue weighted by Crippen LogP contribution is 2.30. The number of aromatic nitrogens is 1. The highest BCUT2D eigenvalue weighted by molar-refractivity contribution is 6.02.